The number of rotatable bonds is 0. The topological polar surface area (TPSA) is 27.6 Å². The first-order valence-electron chi connectivity index (χ1n) is 4.71. The van der Waals surface area contributed by atoms with Gasteiger partial charge in [0.1, 0.15) is 0 Å². The summed E-state index contributed by atoms with van der Waals surface area (Å²) in [6.07, 6.45) is 12.0. The van der Waals surface area contributed by atoms with Crippen molar-refractivity contribution in [3.05, 3.63) is 0 Å². The van der Waals surface area contributed by atoms with Gasteiger partial charge in [-0.3, -0.25) is 0 Å². The van der Waals surface area contributed by atoms with Crippen molar-refractivity contribution in [2.45, 2.75) is 51.4 Å². The Morgan fingerprint density at radius 3 is 0.600 bits per heavy atom. The highest BCUT2D eigenvalue weighted by molar-refractivity contribution is 4.51. The van der Waals surface area contributed by atoms with E-state index < -0.39 is 0 Å². The molecule has 2 saturated carbocycles. The van der Waals surface area contributed by atoms with Gasteiger partial charge in [-0.05, 0) is 0 Å². The molecule has 0 bridgehead atoms. The van der Waals surface area contributed by atoms with Gasteiger partial charge >= 0.3 is 0 Å². The second kappa shape index (κ2) is 8.96. The Morgan fingerprint density at radius 1 is 0.500 bits per heavy atom. The van der Waals surface area contributed by atoms with E-state index in [2.05, 4.69) is 5.73 Å². The van der Waals surface area contributed by atoms with Crippen LogP contribution in [0.5, 0.6) is 0 Å². The van der Waals surface area contributed by atoms with E-state index in [1.807, 2.05) is 0 Å². The molecule has 0 aliphatic heterocycles. The van der Waals surface area contributed by atoms with Crippen LogP contribution < -0.4 is 5.73 Å². The smallest absolute Gasteiger partial charge is 0.0634 e. The lowest BCUT2D eigenvalue weighted by Crippen LogP contribution is -2.40. The summed E-state index contributed by atoms with van der Waals surface area (Å²) in [6, 6.07) is 0. The van der Waals surface area contributed by atoms with Crippen molar-refractivity contribution in [2.75, 3.05) is 7.05 Å². The molecule has 0 heterocycles. The number of hydrogen-bond acceptors (Lipinski definition) is 0. The van der Waals surface area contributed by atoms with E-state index in [0.29, 0.717) is 0 Å². The third kappa shape index (κ3) is 6.09. The first-order valence-corrected chi connectivity index (χ1v) is 4.71. The predicted molar refractivity (Wildman–Crippen MR) is 45.7 cm³/mol. The zero-order chi connectivity index (χ0) is 7.66. The van der Waals surface area contributed by atoms with Crippen molar-refractivity contribution < 1.29 is 5.73 Å². The molecule has 0 atom stereocenters. The molecule has 2 fully saturated rings. The Hall–Kier alpha value is -0.0400. The van der Waals surface area contributed by atoms with Gasteiger partial charge in [0, 0.05) is 0 Å². The molecule has 2 rings (SSSR count). The molecule has 0 saturated heterocycles. The van der Waals surface area contributed by atoms with E-state index in [-0.39, 0.29) is 0 Å². The molecule has 0 unspecified atom stereocenters. The average Bonchev–Trinajstić information content (AvgIpc) is 1.59. The second-order valence-electron chi connectivity index (χ2n) is 2.83. The molecule has 1 heteroatoms. The highest BCUT2D eigenvalue weighted by Gasteiger charge is 1.95. The SMILES string of the molecule is C1CCC1.C1CCC1.C[NH3+]. The molecule has 0 spiro atoms. The van der Waals surface area contributed by atoms with Crippen LogP contribution in [0, 0.1) is 0 Å². The molecule has 0 amide bonds. The number of hydrogen-bond donors (Lipinski definition) is 1. The van der Waals surface area contributed by atoms with E-state index in [9.17, 15) is 0 Å². The standard InChI is InChI=1S/2C4H8.CH5N/c2*1-2-4-3-1;1-2/h2*1-4H2;2H2,1H3/p+1. The van der Waals surface area contributed by atoms with Crippen LogP contribution in [0.15, 0.2) is 0 Å². The fourth-order valence-electron chi connectivity index (χ4n) is 0.500. The Kier molecular flexibility index (Phi) is 8.92. The Morgan fingerprint density at radius 2 is 0.600 bits per heavy atom. The molecule has 2 aliphatic rings. The van der Waals surface area contributed by atoms with Crippen molar-refractivity contribution in [1.82, 2.24) is 0 Å². The van der Waals surface area contributed by atoms with Gasteiger partial charge in [0.2, 0.25) is 0 Å². The van der Waals surface area contributed by atoms with Crippen molar-refractivity contribution >= 4 is 0 Å². The van der Waals surface area contributed by atoms with E-state index in [1.54, 1.807) is 7.05 Å². The highest BCUT2D eigenvalue weighted by atomic mass is 14.4. The molecule has 0 aromatic heterocycles. The first kappa shape index (κ1) is 9.96. The molecule has 1 nitrogen and oxygen atoms in total. The van der Waals surface area contributed by atoms with Crippen molar-refractivity contribution in [2.24, 2.45) is 0 Å². The minimum Gasteiger partial charge on any atom is -0.360 e. The largest absolute Gasteiger partial charge is 0.360 e. The van der Waals surface area contributed by atoms with Gasteiger partial charge in [0.05, 0.1) is 7.05 Å². The van der Waals surface area contributed by atoms with E-state index in [0.717, 1.165) is 0 Å². The van der Waals surface area contributed by atoms with Crippen LogP contribution in [0.3, 0.4) is 0 Å². The third-order valence-electron chi connectivity index (χ3n) is 2.00. The molecule has 3 N–H and O–H groups in total. The Labute approximate surface area is 65.0 Å². The lowest BCUT2D eigenvalue weighted by Gasteiger charge is -2.05. The molecule has 2 aliphatic carbocycles. The van der Waals surface area contributed by atoms with Crippen LogP contribution in [0.1, 0.15) is 51.4 Å². The van der Waals surface area contributed by atoms with Gasteiger partial charge in [0.15, 0.2) is 0 Å². The van der Waals surface area contributed by atoms with E-state index in [4.69, 9.17) is 0 Å². The van der Waals surface area contributed by atoms with Gasteiger partial charge in [-0.1, -0.05) is 51.4 Å². The summed E-state index contributed by atoms with van der Waals surface area (Å²) in [7, 11) is 1.75. The summed E-state index contributed by atoms with van der Waals surface area (Å²) in [6.45, 7) is 0. The van der Waals surface area contributed by atoms with Crippen LogP contribution in [0.2, 0.25) is 0 Å². The number of quaternary nitrogens is 1. The van der Waals surface area contributed by atoms with Gasteiger partial charge < -0.3 is 5.73 Å². The highest BCUT2D eigenvalue weighted by Crippen LogP contribution is 2.15. The minimum atomic E-state index is 1.50. The summed E-state index contributed by atoms with van der Waals surface area (Å²) in [5, 5.41) is 0. The van der Waals surface area contributed by atoms with Crippen molar-refractivity contribution in [3.63, 3.8) is 0 Å². The molecule has 62 valence electrons. The second-order valence-corrected chi connectivity index (χ2v) is 2.83. The predicted octanol–water partition coefficient (Wildman–Crippen LogP) is 1.98. The van der Waals surface area contributed by atoms with Crippen LogP contribution in [-0.2, 0) is 0 Å². The van der Waals surface area contributed by atoms with Crippen LogP contribution in [-0.4, -0.2) is 7.05 Å². The zero-order valence-electron chi connectivity index (χ0n) is 7.36. The summed E-state index contributed by atoms with van der Waals surface area (Å²) in [5.74, 6) is 0. The van der Waals surface area contributed by atoms with Crippen LogP contribution in [0.25, 0.3) is 0 Å². The van der Waals surface area contributed by atoms with Crippen molar-refractivity contribution in [3.8, 4) is 0 Å². The van der Waals surface area contributed by atoms with Gasteiger partial charge in [-0.25, -0.2) is 0 Å². The summed E-state index contributed by atoms with van der Waals surface area (Å²) < 4.78 is 0. The molecule has 0 radical (unpaired) electrons. The molecular formula is C9H22N+. The van der Waals surface area contributed by atoms with Gasteiger partial charge in [0.25, 0.3) is 0 Å². The molecule has 10 heavy (non-hydrogen) atoms. The fourth-order valence-corrected chi connectivity index (χ4v) is 0.500. The molecule has 0 aromatic rings. The monoisotopic (exact) mass is 144 g/mol. The van der Waals surface area contributed by atoms with Gasteiger partial charge in [-0.15, -0.1) is 0 Å². The maximum absolute atomic E-state index is 3.25. The lowest BCUT2D eigenvalue weighted by atomic mass is 10.0. The maximum Gasteiger partial charge on any atom is 0.0634 e. The normalized spacial score (nSPS) is 19.8. The summed E-state index contributed by atoms with van der Waals surface area (Å²) in [5.41, 5.74) is 3.25. The first-order chi connectivity index (χ1) is 5.00. The fraction of sp³-hybridized carbons (Fsp3) is 1.00. The Bertz CT molecular complexity index is 28.7. The van der Waals surface area contributed by atoms with Gasteiger partial charge in [-0.2, -0.15) is 0 Å². The quantitative estimate of drug-likeness (QED) is 0.538. The minimum absolute atomic E-state index is 1.50. The third-order valence-corrected chi connectivity index (χ3v) is 2.00. The zero-order valence-corrected chi connectivity index (χ0v) is 7.36. The van der Waals surface area contributed by atoms with E-state index in [1.165, 1.54) is 51.4 Å². The van der Waals surface area contributed by atoms with Crippen molar-refractivity contribution in [1.29, 1.82) is 0 Å². The van der Waals surface area contributed by atoms with E-state index >= 15 is 0 Å². The van der Waals surface area contributed by atoms with Crippen LogP contribution in [0.4, 0.5) is 0 Å². The Balaban J connectivity index is 0.000000131. The maximum atomic E-state index is 3.25. The molecular weight excluding hydrogens is 122 g/mol. The molecule has 0 aromatic carbocycles. The summed E-state index contributed by atoms with van der Waals surface area (Å²) in [4.78, 5) is 0. The lowest BCUT2D eigenvalue weighted by molar-refractivity contribution is -0.325. The average molecular weight is 144 g/mol. The van der Waals surface area contributed by atoms with Crippen LogP contribution >= 0.6 is 0 Å². The summed E-state index contributed by atoms with van der Waals surface area (Å²) >= 11 is 0.